The van der Waals surface area contributed by atoms with Crippen molar-refractivity contribution in [3.63, 3.8) is 0 Å². The molecule has 0 radical (unpaired) electrons. The summed E-state index contributed by atoms with van der Waals surface area (Å²) in [5.41, 5.74) is 4.35. The van der Waals surface area contributed by atoms with Crippen LogP contribution in [0.3, 0.4) is 0 Å². The Morgan fingerprint density at radius 1 is 1.22 bits per heavy atom. The van der Waals surface area contributed by atoms with Crippen LogP contribution < -0.4 is 16.1 Å². The number of hydrazine groups is 1. The van der Waals surface area contributed by atoms with Crippen LogP contribution in [0.15, 0.2) is 24.3 Å². The molecule has 7 nitrogen and oxygen atoms in total. The molecular weight excluding hydrogens is 366 g/mol. The summed E-state index contributed by atoms with van der Waals surface area (Å²) in [4.78, 5) is 12.6. The van der Waals surface area contributed by atoms with Gasteiger partial charge in [-0.15, -0.1) is 0 Å². The average molecular weight is 390 g/mol. The molecule has 1 saturated carbocycles. The summed E-state index contributed by atoms with van der Waals surface area (Å²) >= 11 is 5.96. The van der Waals surface area contributed by atoms with Gasteiger partial charge >= 0.3 is 0 Å². The third kappa shape index (κ3) is 3.63. The summed E-state index contributed by atoms with van der Waals surface area (Å²) in [5, 5.41) is 28.7. The Kier molecular flexibility index (Phi) is 5.24. The number of nitrogens with one attached hydrogen (secondary N) is 3. The first-order valence-electron chi connectivity index (χ1n) is 9.49. The molecule has 3 unspecified atom stereocenters. The monoisotopic (exact) mass is 389 g/mol. The number of halogens is 1. The number of benzene rings is 1. The van der Waals surface area contributed by atoms with Gasteiger partial charge < -0.3 is 15.7 Å². The minimum atomic E-state index is -0.415. The van der Waals surface area contributed by atoms with E-state index in [9.17, 15) is 15.2 Å². The maximum Gasteiger partial charge on any atom is 0.228 e. The van der Waals surface area contributed by atoms with E-state index in [-0.39, 0.29) is 36.0 Å². The van der Waals surface area contributed by atoms with Gasteiger partial charge in [0.25, 0.3) is 0 Å². The molecule has 3 aliphatic rings. The molecule has 0 bridgehead atoms. The van der Waals surface area contributed by atoms with Crippen LogP contribution in [0.5, 0.6) is 0 Å². The van der Waals surface area contributed by atoms with Gasteiger partial charge in [0.15, 0.2) is 0 Å². The lowest BCUT2D eigenvalue weighted by Crippen LogP contribution is -2.55. The van der Waals surface area contributed by atoms with E-state index >= 15 is 0 Å². The highest BCUT2D eigenvalue weighted by Gasteiger charge is 2.51. The molecule has 2 heterocycles. The minimum Gasteiger partial charge on any atom is -0.393 e. The zero-order valence-corrected chi connectivity index (χ0v) is 15.7. The second kappa shape index (κ2) is 7.64. The van der Waals surface area contributed by atoms with Gasteiger partial charge in [-0.1, -0.05) is 11.6 Å². The van der Waals surface area contributed by atoms with E-state index in [1.807, 2.05) is 24.3 Å². The van der Waals surface area contributed by atoms with Gasteiger partial charge in [0.2, 0.25) is 5.91 Å². The summed E-state index contributed by atoms with van der Waals surface area (Å²) < 4.78 is 0. The highest BCUT2D eigenvalue weighted by Crippen LogP contribution is 2.36. The molecule has 2 aliphatic heterocycles. The zero-order valence-electron chi connectivity index (χ0n) is 14.9. The number of amides is 1. The number of rotatable bonds is 3. The summed E-state index contributed by atoms with van der Waals surface area (Å²) in [7, 11) is 0. The number of hydrogen-bond donors (Lipinski definition) is 4. The number of piperidine rings is 1. The highest BCUT2D eigenvalue weighted by atomic mass is 35.5. The minimum absolute atomic E-state index is 0.00572. The van der Waals surface area contributed by atoms with E-state index in [0.29, 0.717) is 24.4 Å². The number of nitrogens with zero attached hydrogens (tertiary/aromatic N) is 2. The van der Waals surface area contributed by atoms with Crippen molar-refractivity contribution in [2.45, 2.75) is 50.0 Å². The largest absolute Gasteiger partial charge is 0.393 e. The number of fused-ring (bicyclic) bond motifs is 1. The van der Waals surface area contributed by atoms with E-state index in [4.69, 9.17) is 11.6 Å². The van der Waals surface area contributed by atoms with E-state index in [1.54, 1.807) is 0 Å². The second-order valence-corrected chi connectivity index (χ2v) is 8.04. The van der Waals surface area contributed by atoms with Crippen LogP contribution in [0.25, 0.3) is 0 Å². The van der Waals surface area contributed by atoms with Gasteiger partial charge in [0.05, 0.1) is 24.0 Å². The molecule has 1 aliphatic carbocycles. The number of aliphatic hydroxyl groups is 1. The lowest BCUT2D eigenvalue weighted by molar-refractivity contribution is -0.128. The predicted molar refractivity (Wildman–Crippen MR) is 101 cm³/mol. The molecule has 0 spiro atoms. The Balaban J connectivity index is 1.57. The van der Waals surface area contributed by atoms with Crippen molar-refractivity contribution in [1.82, 2.24) is 15.8 Å². The van der Waals surface area contributed by atoms with Gasteiger partial charge in [-0.05, 0) is 49.9 Å². The topological polar surface area (TPSA) is 100 Å². The molecule has 6 atom stereocenters. The number of anilines is 1. The quantitative estimate of drug-likeness (QED) is 0.624. The number of hydrogen-bond acceptors (Lipinski definition) is 6. The first kappa shape index (κ1) is 18.5. The summed E-state index contributed by atoms with van der Waals surface area (Å²) in [6.45, 7) is 0.637. The number of carbonyl (C=O) groups excluding carboxylic acids is 1. The van der Waals surface area contributed by atoms with Crippen molar-refractivity contribution in [2.75, 3.05) is 11.9 Å². The molecule has 3 fully saturated rings. The average Bonchev–Trinajstić information content (AvgIpc) is 3.03. The Morgan fingerprint density at radius 3 is 2.74 bits per heavy atom. The van der Waals surface area contributed by atoms with Gasteiger partial charge in [-0.3, -0.25) is 4.79 Å². The van der Waals surface area contributed by atoms with Crippen LogP contribution in [0, 0.1) is 23.2 Å². The Hall–Kier alpha value is -1.85. The SMILES string of the molecule is N#C[C@H]1C[C@H](O)CC[C@@H]1N1NC(Nc2ccc(Cl)cc2)C2C(=O)NCCC21. The van der Waals surface area contributed by atoms with E-state index in [1.165, 1.54) is 0 Å². The van der Waals surface area contributed by atoms with Crippen LogP contribution in [0.4, 0.5) is 5.69 Å². The predicted octanol–water partition coefficient (Wildman–Crippen LogP) is 1.46. The fourth-order valence-electron chi connectivity index (χ4n) is 4.63. The summed E-state index contributed by atoms with van der Waals surface area (Å²) in [5.74, 6) is -0.473. The summed E-state index contributed by atoms with van der Waals surface area (Å²) in [6.07, 6.45) is 2.06. The van der Waals surface area contributed by atoms with Crippen LogP contribution in [0.1, 0.15) is 25.7 Å². The lowest BCUT2D eigenvalue weighted by Gasteiger charge is -2.40. The smallest absolute Gasteiger partial charge is 0.228 e. The number of nitriles is 1. The lowest BCUT2D eigenvalue weighted by atomic mass is 9.81. The Morgan fingerprint density at radius 2 is 2.00 bits per heavy atom. The maximum absolute atomic E-state index is 12.6. The third-order valence-electron chi connectivity index (χ3n) is 5.94. The van der Waals surface area contributed by atoms with Crippen molar-refractivity contribution in [3.8, 4) is 6.07 Å². The zero-order chi connectivity index (χ0) is 19.0. The molecule has 0 aromatic heterocycles. The van der Waals surface area contributed by atoms with Crippen LogP contribution >= 0.6 is 11.6 Å². The van der Waals surface area contributed by atoms with E-state index < -0.39 is 6.10 Å². The van der Waals surface area contributed by atoms with Gasteiger partial charge in [0, 0.05) is 29.3 Å². The van der Waals surface area contributed by atoms with Crippen molar-refractivity contribution in [2.24, 2.45) is 11.8 Å². The van der Waals surface area contributed by atoms with Crippen molar-refractivity contribution in [1.29, 1.82) is 5.26 Å². The number of carbonyl (C=O) groups is 1. The van der Waals surface area contributed by atoms with Crippen molar-refractivity contribution in [3.05, 3.63) is 29.3 Å². The van der Waals surface area contributed by atoms with Crippen LogP contribution in [-0.4, -0.2) is 46.9 Å². The second-order valence-electron chi connectivity index (χ2n) is 7.61. The summed E-state index contributed by atoms with van der Waals surface area (Å²) in [6, 6.07) is 9.77. The van der Waals surface area contributed by atoms with Gasteiger partial charge in [-0.2, -0.15) is 5.26 Å². The molecular formula is C19H24ClN5O2. The molecule has 4 N–H and O–H groups in total. The molecule has 1 amide bonds. The fourth-order valence-corrected chi connectivity index (χ4v) is 4.76. The molecule has 1 aromatic rings. The molecule has 144 valence electrons. The highest BCUT2D eigenvalue weighted by molar-refractivity contribution is 6.30. The maximum atomic E-state index is 12.6. The Labute approximate surface area is 163 Å². The van der Waals surface area contributed by atoms with Gasteiger partial charge in [-0.25, -0.2) is 10.4 Å². The molecule has 8 heteroatoms. The van der Waals surface area contributed by atoms with Crippen LogP contribution in [0.2, 0.25) is 5.02 Å². The van der Waals surface area contributed by atoms with E-state index in [2.05, 4.69) is 27.1 Å². The molecule has 27 heavy (non-hydrogen) atoms. The number of aliphatic hydroxyl groups excluding tert-OH is 1. The third-order valence-corrected chi connectivity index (χ3v) is 6.19. The molecule has 1 aromatic carbocycles. The normalized spacial score (nSPS) is 36.6. The first-order chi connectivity index (χ1) is 13.1. The van der Waals surface area contributed by atoms with Crippen molar-refractivity contribution >= 4 is 23.2 Å². The van der Waals surface area contributed by atoms with Crippen LogP contribution in [-0.2, 0) is 4.79 Å². The first-order valence-corrected chi connectivity index (χ1v) is 9.86. The molecule has 4 rings (SSSR count). The standard InChI is InChI=1S/C19H24ClN5O2/c20-12-1-3-13(4-2-12)23-18-17-16(7-8-22-19(17)27)25(24-18)15-6-5-14(26)9-11(15)10-21/h1-4,11,14-18,23-24,26H,5-9H2,(H,22,27)/t11-,14-,15+,16?,17?,18?/m1/s1. The Bertz CT molecular complexity index is 737. The van der Waals surface area contributed by atoms with Gasteiger partial charge in [0.1, 0.15) is 6.17 Å². The molecule has 2 saturated heterocycles. The fraction of sp³-hybridized carbons (Fsp3) is 0.579. The van der Waals surface area contributed by atoms with E-state index in [0.717, 1.165) is 18.5 Å². The van der Waals surface area contributed by atoms with Crippen molar-refractivity contribution < 1.29 is 9.90 Å².